The van der Waals surface area contributed by atoms with Gasteiger partial charge in [-0.25, -0.2) is 14.3 Å². The van der Waals surface area contributed by atoms with Crippen LogP contribution in [0.25, 0.3) is 28.1 Å². The zero-order valence-electron chi connectivity index (χ0n) is 13.1. The number of rotatable bonds is 2. The van der Waals surface area contributed by atoms with Crippen molar-refractivity contribution in [2.24, 2.45) is 7.05 Å². The maximum absolute atomic E-state index is 4.58. The lowest BCUT2D eigenvalue weighted by atomic mass is 10.2. The van der Waals surface area contributed by atoms with Crippen LogP contribution in [0.4, 0.5) is 0 Å². The lowest BCUT2D eigenvalue weighted by Crippen LogP contribution is -2.00. The maximum atomic E-state index is 4.58. The van der Waals surface area contributed by atoms with Crippen LogP contribution in [0.2, 0.25) is 0 Å². The number of nitrogens with zero attached hydrogens (tertiary/aromatic N) is 7. The highest BCUT2D eigenvalue weighted by atomic mass is 15.4. The average molecular weight is 305 g/mol. The molecule has 0 saturated carbocycles. The smallest absolute Gasteiger partial charge is 0.163 e. The van der Waals surface area contributed by atoms with E-state index >= 15 is 0 Å². The van der Waals surface area contributed by atoms with Crippen LogP contribution in [0.5, 0.6) is 0 Å². The second kappa shape index (κ2) is 4.98. The molecule has 4 aromatic rings. The van der Waals surface area contributed by atoms with E-state index in [4.69, 9.17) is 0 Å². The van der Waals surface area contributed by atoms with Crippen LogP contribution in [0.1, 0.15) is 11.5 Å². The van der Waals surface area contributed by atoms with Crippen molar-refractivity contribution in [2.45, 2.75) is 13.8 Å². The van der Waals surface area contributed by atoms with Crippen LogP contribution < -0.4 is 0 Å². The van der Waals surface area contributed by atoms with Crippen LogP contribution in [0.3, 0.4) is 0 Å². The highest BCUT2D eigenvalue weighted by Crippen LogP contribution is 2.24. The number of benzene rings is 1. The minimum atomic E-state index is 0.716. The maximum Gasteiger partial charge on any atom is 0.163 e. The average Bonchev–Trinajstić information content (AvgIpc) is 3.10. The number of hydrogen-bond donors (Lipinski definition) is 0. The van der Waals surface area contributed by atoms with E-state index in [2.05, 4.69) is 25.4 Å². The normalized spacial score (nSPS) is 11.3. The molecule has 7 nitrogen and oxygen atoms in total. The van der Waals surface area contributed by atoms with Crippen LogP contribution in [0.15, 0.2) is 36.5 Å². The summed E-state index contributed by atoms with van der Waals surface area (Å²) in [6.07, 6.45) is 1.78. The first-order valence-corrected chi connectivity index (χ1v) is 7.28. The van der Waals surface area contributed by atoms with Gasteiger partial charge in [0.15, 0.2) is 5.82 Å². The predicted octanol–water partition coefficient (Wildman–Crippen LogP) is 2.23. The number of fused-ring (bicyclic) bond motifs is 1. The van der Waals surface area contributed by atoms with E-state index in [0.717, 1.165) is 33.8 Å². The first kappa shape index (κ1) is 13.6. The molecule has 23 heavy (non-hydrogen) atoms. The van der Waals surface area contributed by atoms with Crippen LogP contribution in [-0.2, 0) is 7.05 Å². The van der Waals surface area contributed by atoms with E-state index in [1.165, 1.54) is 0 Å². The molecule has 0 fully saturated rings. The molecule has 0 radical (unpaired) electrons. The SMILES string of the molecule is Cc1cc(-n2nc(C)nc2-c2ccc3c(c2)nnn3C)ccn1. The molecule has 7 heteroatoms. The molecule has 4 rings (SSSR count). The van der Waals surface area contributed by atoms with Gasteiger partial charge in [0.05, 0.1) is 11.2 Å². The second-order valence-electron chi connectivity index (χ2n) is 5.47. The van der Waals surface area contributed by atoms with Crippen molar-refractivity contribution in [1.82, 2.24) is 34.7 Å². The monoisotopic (exact) mass is 305 g/mol. The molecule has 0 unspecified atom stereocenters. The van der Waals surface area contributed by atoms with Crippen molar-refractivity contribution in [1.29, 1.82) is 0 Å². The minimum Gasteiger partial charge on any atom is -0.261 e. The van der Waals surface area contributed by atoms with Gasteiger partial charge in [0.25, 0.3) is 0 Å². The Morgan fingerprint density at radius 1 is 1.04 bits per heavy atom. The molecule has 0 aliphatic carbocycles. The molecular formula is C16H15N7. The molecule has 114 valence electrons. The minimum absolute atomic E-state index is 0.716. The zero-order valence-corrected chi connectivity index (χ0v) is 13.1. The fraction of sp³-hybridized carbons (Fsp3) is 0.188. The van der Waals surface area contributed by atoms with Crippen molar-refractivity contribution in [3.63, 3.8) is 0 Å². The quantitative estimate of drug-likeness (QED) is 0.568. The summed E-state index contributed by atoms with van der Waals surface area (Å²) in [7, 11) is 1.88. The van der Waals surface area contributed by atoms with Gasteiger partial charge in [-0.2, -0.15) is 5.10 Å². The lowest BCUT2D eigenvalue weighted by molar-refractivity contribution is 0.736. The largest absolute Gasteiger partial charge is 0.261 e. The van der Waals surface area contributed by atoms with Gasteiger partial charge in [-0.3, -0.25) is 4.98 Å². The van der Waals surface area contributed by atoms with Gasteiger partial charge in [0, 0.05) is 24.5 Å². The fourth-order valence-electron chi connectivity index (χ4n) is 2.62. The number of aryl methyl sites for hydroxylation is 3. The van der Waals surface area contributed by atoms with Crippen molar-refractivity contribution < 1.29 is 0 Å². The Morgan fingerprint density at radius 3 is 2.74 bits per heavy atom. The lowest BCUT2D eigenvalue weighted by Gasteiger charge is -2.06. The summed E-state index contributed by atoms with van der Waals surface area (Å²) in [4.78, 5) is 8.81. The molecule has 0 amide bonds. The van der Waals surface area contributed by atoms with Crippen LogP contribution >= 0.6 is 0 Å². The summed E-state index contributed by atoms with van der Waals surface area (Å²) in [5.41, 5.74) is 4.64. The number of aromatic nitrogens is 7. The van der Waals surface area contributed by atoms with Gasteiger partial charge in [-0.05, 0) is 44.2 Å². The summed E-state index contributed by atoms with van der Waals surface area (Å²) >= 11 is 0. The van der Waals surface area contributed by atoms with Gasteiger partial charge in [-0.1, -0.05) is 5.21 Å². The van der Waals surface area contributed by atoms with Gasteiger partial charge in [0.1, 0.15) is 11.3 Å². The van der Waals surface area contributed by atoms with E-state index in [1.54, 1.807) is 10.9 Å². The van der Waals surface area contributed by atoms with E-state index in [1.807, 2.05) is 55.9 Å². The van der Waals surface area contributed by atoms with Crippen LogP contribution in [0, 0.1) is 13.8 Å². The summed E-state index contributed by atoms with van der Waals surface area (Å²) in [6.45, 7) is 3.84. The van der Waals surface area contributed by atoms with Crippen molar-refractivity contribution >= 4 is 11.0 Å². The molecule has 0 saturated heterocycles. The molecule has 0 aliphatic rings. The molecule has 0 aliphatic heterocycles. The van der Waals surface area contributed by atoms with Crippen LogP contribution in [-0.4, -0.2) is 34.7 Å². The first-order chi connectivity index (χ1) is 11.1. The second-order valence-corrected chi connectivity index (χ2v) is 5.47. The molecule has 1 aromatic carbocycles. The topological polar surface area (TPSA) is 74.3 Å². The third-order valence-corrected chi connectivity index (χ3v) is 3.71. The molecule has 0 spiro atoms. The standard InChI is InChI=1S/C16H15N7/c1-10-8-13(6-7-17-10)23-16(18-11(2)20-23)12-4-5-15-14(9-12)19-21-22(15)3/h4-9H,1-3H3. The summed E-state index contributed by atoms with van der Waals surface area (Å²) in [5.74, 6) is 1.49. The third kappa shape index (κ3) is 2.26. The van der Waals surface area contributed by atoms with Gasteiger partial charge < -0.3 is 0 Å². The zero-order chi connectivity index (χ0) is 16.0. The third-order valence-electron chi connectivity index (χ3n) is 3.71. The Labute approximate surface area is 132 Å². The number of pyridine rings is 1. The highest BCUT2D eigenvalue weighted by molar-refractivity contribution is 5.80. The Hall–Kier alpha value is -3.09. The fourth-order valence-corrected chi connectivity index (χ4v) is 2.62. The molecular weight excluding hydrogens is 290 g/mol. The molecule has 0 bridgehead atoms. The molecule has 3 aromatic heterocycles. The summed E-state index contributed by atoms with van der Waals surface area (Å²) < 4.78 is 3.59. The first-order valence-electron chi connectivity index (χ1n) is 7.28. The van der Waals surface area contributed by atoms with E-state index in [-0.39, 0.29) is 0 Å². The Balaban J connectivity index is 1.91. The summed E-state index contributed by atoms with van der Waals surface area (Å²) in [5, 5.41) is 12.7. The van der Waals surface area contributed by atoms with E-state index in [0.29, 0.717) is 5.82 Å². The Kier molecular flexibility index (Phi) is 2.94. The van der Waals surface area contributed by atoms with Gasteiger partial charge in [0.2, 0.25) is 0 Å². The molecule has 0 atom stereocenters. The van der Waals surface area contributed by atoms with Crippen molar-refractivity contribution in [3.8, 4) is 17.1 Å². The summed E-state index contributed by atoms with van der Waals surface area (Å²) in [6, 6.07) is 9.90. The molecule has 3 heterocycles. The van der Waals surface area contributed by atoms with Gasteiger partial charge >= 0.3 is 0 Å². The Bertz CT molecular complexity index is 1010. The Morgan fingerprint density at radius 2 is 1.91 bits per heavy atom. The van der Waals surface area contributed by atoms with E-state index < -0.39 is 0 Å². The highest BCUT2D eigenvalue weighted by Gasteiger charge is 2.13. The molecule has 0 N–H and O–H groups in total. The predicted molar refractivity (Wildman–Crippen MR) is 86.1 cm³/mol. The van der Waals surface area contributed by atoms with Crippen molar-refractivity contribution in [2.75, 3.05) is 0 Å². The van der Waals surface area contributed by atoms with E-state index in [9.17, 15) is 0 Å². The van der Waals surface area contributed by atoms with Crippen molar-refractivity contribution in [3.05, 3.63) is 48.0 Å². The van der Waals surface area contributed by atoms with Gasteiger partial charge in [-0.15, -0.1) is 5.10 Å². The number of hydrogen-bond acceptors (Lipinski definition) is 5.